The van der Waals surface area contributed by atoms with Gasteiger partial charge in [0, 0.05) is 43.9 Å². The maximum absolute atomic E-state index is 13.5. The predicted molar refractivity (Wildman–Crippen MR) is 148 cm³/mol. The van der Waals surface area contributed by atoms with Crippen molar-refractivity contribution >= 4 is 33.4 Å². The number of sulfonamides is 1. The number of carbonyl (C=O) groups excluding carboxylic acids is 2. The smallest absolute Gasteiger partial charge is 0.303 e. The van der Waals surface area contributed by atoms with E-state index in [4.69, 9.17) is 16.3 Å². The van der Waals surface area contributed by atoms with Crippen LogP contribution < -0.4 is 0 Å². The van der Waals surface area contributed by atoms with E-state index in [-0.39, 0.29) is 30.2 Å². The van der Waals surface area contributed by atoms with Gasteiger partial charge in [-0.25, -0.2) is 8.42 Å². The molecule has 4 rings (SSSR count). The van der Waals surface area contributed by atoms with Crippen LogP contribution in [0.5, 0.6) is 0 Å². The Labute approximate surface area is 233 Å². The molecule has 0 amide bonds. The molecule has 0 N–H and O–H groups in total. The van der Waals surface area contributed by atoms with E-state index in [0.717, 1.165) is 16.7 Å². The lowest BCUT2D eigenvalue weighted by molar-refractivity contribution is -0.153. The van der Waals surface area contributed by atoms with E-state index in [9.17, 15) is 18.0 Å². The van der Waals surface area contributed by atoms with Crippen LogP contribution in [0.25, 0.3) is 0 Å². The third kappa shape index (κ3) is 7.60. The maximum atomic E-state index is 13.5. The summed E-state index contributed by atoms with van der Waals surface area (Å²) in [4.78, 5) is 28.9. The quantitative estimate of drug-likeness (QED) is 0.223. The van der Waals surface area contributed by atoms with Crippen molar-refractivity contribution in [2.75, 3.05) is 0 Å². The molecule has 0 saturated carbocycles. The number of pyridine rings is 1. The minimum absolute atomic E-state index is 0.0512. The van der Waals surface area contributed by atoms with Crippen molar-refractivity contribution in [2.45, 2.75) is 37.4 Å². The third-order valence-electron chi connectivity index (χ3n) is 5.97. The first-order chi connectivity index (χ1) is 18.7. The fraction of sp³-hybridized carbons (Fsp3) is 0.167. The van der Waals surface area contributed by atoms with E-state index in [2.05, 4.69) is 4.98 Å². The van der Waals surface area contributed by atoms with Crippen LogP contribution in [0.2, 0.25) is 5.02 Å². The molecule has 0 bridgehead atoms. The topological polar surface area (TPSA) is 93.6 Å². The molecule has 9 heteroatoms. The average Bonchev–Trinajstić information content (AvgIpc) is 2.93. The van der Waals surface area contributed by atoms with E-state index in [1.165, 1.54) is 23.4 Å². The van der Waals surface area contributed by atoms with Crippen LogP contribution in [0.15, 0.2) is 108 Å². The van der Waals surface area contributed by atoms with E-state index in [1.54, 1.807) is 79.1 Å². The Morgan fingerprint density at radius 3 is 2.10 bits per heavy atom. The number of esters is 1. The lowest BCUT2D eigenvalue weighted by Crippen LogP contribution is -2.30. The molecule has 0 aliphatic carbocycles. The second-order valence-corrected chi connectivity index (χ2v) is 11.3. The predicted octanol–water partition coefficient (Wildman–Crippen LogP) is 5.54. The van der Waals surface area contributed by atoms with Crippen LogP contribution in [0.1, 0.15) is 35.3 Å². The SMILES string of the molecule is CC(=O)OC(C(=O)Cc1ccc(CN(Cc2cccnc2)S(=O)(=O)c2ccc(Cl)cc2)cc1)c1ccccc1. The standard InChI is InChI=1S/C30H27ClN2O5S/c1-22(34)38-30(26-7-3-2-4-8-26)29(35)18-23-9-11-24(12-10-23)20-33(21-25-6-5-17-32-19-25)39(36,37)28-15-13-27(31)14-16-28/h2-17,19,30H,18,20-21H2,1H3. The summed E-state index contributed by atoms with van der Waals surface area (Å²) in [5, 5.41) is 0.445. The van der Waals surface area contributed by atoms with Gasteiger partial charge in [-0.2, -0.15) is 4.31 Å². The first-order valence-corrected chi connectivity index (χ1v) is 14.0. The summed E-state index contributed by atoms with van der Waals surface area (Å²) in [6.45, 7) is 1.50. The summed E-state index contributed by atoms with van der Waals surface area (Å²) in [7, 11) is -3.85. The van der Waals surface area contributed by atoms with Gasteiger partial charge in [-0.1, -0.05) is 72.3 Å². The summed E-state index contributed by atoms with van der Waals surface area (Å²) in [5.41, 5.74) is 2.81. The van der Waals surface area contributed by atoms with Crippen molar-refractivity contribution in [3.8, 4) is 0 Å². The molecule has 3 aromatic carbocycles. The molecule has 1 aromatic heterocycles. The molecule has 1 atom stereocenters. The largest absolute Gasteiger partial charge is 0.450 e. The molecule has 39 heavy (non-hydrogen) atoms. The number of rotatable bonds is 11. The molecular weight excluding hydrogens is 536 g/mol. The van der Waals surface area contributed by atoms with Crippen molar-refractivity contribution in [1.82, 2.24) is 9.29 Å². The Morgan fingerprint density at radius 1 is 0.846 bits per heavy atom. The highest BCUT2D eigenvalue weighted by Crippen LogP contribution is 2.24. The van der Waals surface area contributed by atoms with Crippen LogP contribution in [0.3, 0.4) is 0 Å². The Bertz CT molecular complexity index is 1510. The highest BCUT2D eigenvalue weighted by Gasteiger charge is 2.26. The van der Waals surface area contributed by atoms with E-state index in [0.29, 0.717) is 10.6 Å². The van der Waals surface area contributed by atoms with Gasteiger partial charge in [0.25, 0.3) is 0 Å². The minimum Gasteiger partial charge on any atom is -0.450 e. The number of halogens is 1. The molecule has 1 unspecified atom stereocenters. The van der Waals surface area contributed by atoms with Crippen molar-refractivity contribution in [3.63, 3.8) is 0 Å². The fourth-order valence-electron chi connectivity index (χ4n) is 4.05. The Balaban J connectivity index is 1.53. The molecule has 0 aliphatic heterocycles. The highest BCUT2D eigenvalue weighted by atomic mass is 35.5. The van der Waals surface area contributed by atoms with Gasteiger partial charge in [0.2, 0.25) is 10.0 Å². The number of aromatic nitrogens is 1. The fourth-order valence-corrected chi connectivity index (χ4v) is 5.59. The summed E-state index contributed by atoms with van der Waals surface area (Å²) < 4.78 is 33.8. The number of Topliss-reactive ketones (excluding diaryl/α,β-unsaturated/α-hetero) is 1. The summed E-state index contributed by atoms with van der Waals surface area (Å²) in [5.74, 6) is -0.796. The number of carbonyl (C=O) groups is 2. The van der Waals surface area contributed by atoms with Crippen molar-refractivity contribution < 1.29 is 22.7 Å². The molecule has 0 saturated heterocycles. The summed E-state index contributed by atoms with van der Waals surface area (Å²) in [6.07, 6.45) is 2.31. The molecular formula is C30H27ClN2O5S. The van der Waals surface area contributed by atoms with Gasteiger partial charge < -0.3 is 4.74 Å². The van der Waals surface area contributed by atoms with Gasteiger partial charge in [-0.15, -0.1) is 0 Å². The zero-order valence-electron chi connectivity index (χ0n) is 21.2. The Hall–Kier alpha value is -3.85. The van der Waals surface area contributed by atoms with Gasteiger partial charge in [-0.05, 0) is 52.6 Å². The molecule has 4 aromatic rings. The Morgan fingerprint density at radius 2 is 1.49 bits per heavy atom. The molecule has 1 heterocycles. The van der Waals surface area contributed by atoms with Crippen molar-refractivity contribution in [1.29, 1.82) is 0 Å². The van der Waals surface area contributed by atoms with E-state index < -0.39 is 22.1 Å². The number of benzene rings is 3. The number of hydrogen-bond acceptors (Lipinski definition) is 6. The lowest BCUT2D eigenvalue weighted by atomic mass is 9.99. The van der Waals surface area contributed by atoms with Gasteiger partial charge in [0.05, 0.1) is 4.90 Å². The van der Waals surface area contributed by atoms with Gasteiger partial charge >= 0.3 is 5.97 Å². The van der Waals surface area contributed by atoms with E-state index in [1.807, 2.05) is 12.1 Å². The van der Waals surface area contributed by atoms with Crippen LogP contribution in [-0.2, 0) is 43.9 Å². The van der Waals surface area contributed by atoms with Crippen LogP contribution >= 0.6 is 11.6 Å². The zero-order valence-corrected chi connectivity index (χ0v) is 22.8. The van der Waals surface area contributed by atoms with Gasteiger partial charge in [0.15, 0.2) is 11.9 Å². The zero-order chi connectivity index (χ0) is 27.8. The Kier molecular flexibility index (Phi) is 9.24. The monoisotopic (exact) mass is 562 g/mol. The number of hydrogen-bond donors (Lipinski definition) is 0. The van der Waals surface area contributed by atoms with Crippen molar-refractivity contribution in [2.24, 2.45) is 0 Å². The van der Waals surface area contributed by atoms with Crippen LogP contribution in [0, 0.1) is 0 Å². The first-order valence-electron chi connectivity index (χ1n) is 12.2. The second kappa shape index (κ2) is 12.8. The normalized spacial score (nSPS) is 12.2. The molecule has 200 valence electrons. The molecule has 0 fully saturated rings. The molecule has 7 nitrogen and oxygen atoms in total. The highest BCUT2D eigenvalue weighted by molar-refractivity contribution is 7.89. The summed E-state index contributed by atoms with van der Waals surface area (Å²) >= 11 is 5.97. The number of ether oxygens (including phenoxy) is 1. The minimum atomic E-state index is -3.85. The van der Waals surface area contributed by atoms with E-state index >= 15 is 0 Å². The molecule has 0 spiro atoms. The molecule has 0 aliphatic rings. The second-order valence-electron chi connectivity index (χ2n) is 8.95. The van der Waals surface area contributed by atoms with Crippen molar-refractivity contribution in [3.05, 3.63) is 131 Å². The first kappa shape index (κ1) is 28.2. The maximum Gasteiger partial charge on any atom is 0.303 e. The van der Waals surface area contributed by atoms with Crippen LogP contribution in [-0.4, -0.2) is 29.5 Å². The third-order valence-corrected chi connectivity index (χ3v) is 8.03. The van der Waals surface area contributed by atoms with Gasteiger partial charge in [0.1, 0.15) is 0 Å². The number of ketones is 1. The van der Waals surface area contributed by atoms with Gasteiger partial charge in [-0.3, -0.25) is 14.6 Å². The number of nitrogens with zero attached hydrogens (tertiary/aromatic N) is 2. The average molecular weight is 563 g/mol. The lowest BCUT2D eigenvalue weighted by Gasteiger charge is -2.23. The molecule has 0 radical (unpaired) electrons. The summed E-state index contributed by atoms with van der Waals surface area (Å²) in [6, 6.07) is 25.6. The van der Waals surface area contributed by atoms with Crippen LogP contribution in [0.4, 0.5) is 0 Å².